The Morgan fingerprint density at radius 2 is 1.67 bits per heavy atom. The summed E-state index contributed by atoms with van der Waals surface area (Å²) >= 11 is 0. The van der Waals surface area contributed by atoms with Gasteiger partial charge in [-0.25, -0.2) is 0 Å². The Kier molecular flexibility index (Phi) is 5.46. The van der Waals surface area contributed by atoms with Crippen LogP contribution >= 0.6 is 0 Å². The second kappa shape index (κ2) is 7.80. The quantitative estimate of drug-likeness (QED) is 0.900. The molecular weight excluding hydrogens is 344 g/mol. The first-order valence-electron chi connectivity index (χ1n) is 8.86. The van der Waals surface area contributed by atoms with Gasteiger partial charge in [0.05, 0.1) is 25.9 Å². The molecule has 0 saturated carbocycles. The number of anilines is 1. The molecule has 1 N–H and O–H groups in total. The Bertz CT molecular complexity index is 813. The third-order valence-corrected chi connectivity index (χ3v) is 4.63. The van der Waals surface area contributed by atoms with Gasteiger partial charge in [0, 0.05) is 23.4 Å². The molecule has 0 spiro atoms. The molecular formula is C21H24N2O4. The molecule has 0 atom stereocenters. The molecule has 0 bridgehead atoms. The van der Waals surface area contributed by atoms with E-state index in [1.165, 1.54) is 0 Å². The van der Waals surface area contributed by atoms with Crippen LogP contribution in [0.3, 0.4) is 0 Å². The lowest BCUT2D eigenvalue weighted by Gasteiger charge is -2.42. The fourth-order valence-electron chi connectivity index (χ4n) is 3.03. The second-order valence-electron chi connectivity index (χ2n) is 7.08. The highest BCUT2D eigenvalue weighted by atomic mass is 16.5. The maximum Gasteiger partial charge on any atom is 0.255 e. The molecule has 2 aromatic carbocycles. The highest BCUT2D eigenvalue weighted by Gasteiger charge is 2.34. The van der Waals surface area contributed by atoms with Crippen LogP contribution < -0.4 is 10.1 Å². The zero-order valence-electron chi connectivity index (χ0n) is 15.8. The average molecular weight is 368 g/mol. The van der Waals surface area contributed by atoms with E-state index < -0.39 is 0 Å². The molecule has 0 aromatic heterocycles. The van der Waals surface area contributed by atoms with E-state index in [1.54, 1.807) is 55.6 Å². The van der Waals surface area contributed by atoms with Gasteiger partial charge in [-0.3, -0.25) is 9.59 Å². The first kappa shape index (κ1) is 18.9. The smallest absolute Gasteiger partial charge is 0.255 e. The molecule has 6 heteroatoms. The fourth-order valence-corrected chi connectivity index (χ4v) is 3.03. The van der Waals surface area contributed by atoms with Crippen LogP contribution in [0.15, 0.2) is 48.5 Å². The van der Waals surface area contributed by atoms with Gasteiger partial charge in [0.1, 0.15) is 5.75 Å². The Hall–Kier alpha value is -2.86. The van der Waals surface area contributed by atoms with E-state index in [9.17, 15) is 9.59 Å². The summed E-state index contributed by atoms with van der Waals surface area (Å²) in [7, 11) is 1.58. The van der Waals surface area contributed by atoms with Crippen molar-refractivity contribution in [3.05, 3.63) is 59.7 Å². The summed E-state index contributed by atoms with van der Waals surface area (Å²) < 4.78 is 10.6. The Balaban J connectivity index is 1.67. The Labute approximate surface area is 159 Å². The lowest BCUT2D eigenvalue weighted by Crippen LogP contribution is -2.55. The van der Waals surface area contributed by atoms with Crippen LogP contribution in [0, 0.1) is 0 Å². The molecule has 1 aliphatic rings. The van der Waals surface area contributed by atoms with Crippen molar-refractivity contribution >= 4 is 17.5 Å². The van der Waals surface area contributed by atoms with Crippen molar-refractivity contribution in [3.8, 4) is 5.75 Å². The summed E-state index contributed by atoms with van der Waals surface area (Å²) in [6, 6.07) is 13.8. The summed E-state index contributed by atoms with van der Waals surface area (Å²) in [5.74, 6) is 0.447. The van der Waals surface area contributed by atoms with Gasteiger partial charge in [-0.15, -0.1) is 0 Å². The molecule has 0 unspecified atom stereocenters. The minimum Gasteiger partial charge on any atom is -0.497 e. The third-order valence-electron chi connectivity index (χ3n) is 4.63. The van der Waals surface area contributed by atoms with Crippen LogP contribution in [0.1, 0.15) is 34.6 Å². The maximum absolute atomic E-state index is 12.8. The van der Waals surface area contributed by atoms with Crippen LogP contribution in [0.4, 0.5) is 5.69 Å². The summed E-state index contributed by atoms with van der Waals surface area (Å²) in [6.45, 7) is 5.63. The number of hydrogen-bond donors (Lipinski definition) is 1. The van der Waals surface area contributed by atoms with Gasteiger partial charge in [0.2, 0.25) is 0 Å². The number of carbonyl (C=O) groups excluding carboxylic acids is 2. The van der Waals surface area contributed by atoms with Crippen molar-refractivity contribution in [2.75, 3.05) is 32.2 Å². The molecule has 1 heterocycles. The summed E-state index contributed by atoms with van der Waals surface area (Å²) in [4.78, 5) is 27.0. The van der Waals surface area contributed by atoms with Crippen LogP contribution in [0.2, 0.25) is 0 Å². The van der Waals surface area contributed by atoms with Gasteiger partial charge in [0.25, 0.3) is 11.8 Å². The zero-order chi connectivity index (χ0) is 19.4. The number of rotatable bonds is 4. The maximum atomic E-state index is 12.8. The first-order chi connectivity index (χ1) is 12.9. The van der Waals surface area contributed by atoms with E-state index in [2.05, 4.69) is 5.32 Å². The fraction of sp³-hybridized carbons (Fsp3) is 0.333. The van der Waals surface area contributed by atoms with Crippen LogP contribution in [0.25, 0.3) is 0 Å². The van der Waals surface area contributed by atoms with Gasteiger partial charge in [-0.2, -0.15) is 0 Å². The van der Waals surface area contributed by atoms with Crippen molar-refractivity contribution in [3.63, 3.8) is 0 Å². The minimum atomic E-state index is -0.337. The number of carbonyl (C=O) groups is 2. The van der Waals surface area contributed by atoms with Crippen molar-refractivity contribution in [1.82, 2.24) is 4.90 Å². The summed E-state index contributed by atoms with van der Waals surface area (Å²) in [5, 5.41) is 2.83. The van der Waals surface area contributed by atoms with Gasteiger partial charge in [0.15, 0.2) is 0 Å². The number of nitrogens with one attached hydrogen (secondary N) is 1. The van der Waals surface area contributed by atoms with E-state index in [0.717, 1.165) is 0 Å². The van der Waals surface area contributed by atoms with E-state index in [0.29, 0.717) is 42.3 Å². The van der Waals surface area contributed by atoms with E-state index >= 15 is 0 Å². The van der Waals surface area contributed by atoms with Gasteiger partial charge in [-0.05, 0) is 62.4 Å². The highest BCUT2D eigenvalue weighted by Crippen LogP contribution is 2.22. The van der Waals surface area contributed by atoms with Gasteiger partial charge >= 0.3 is 0 Å². The average Bonchev–Trinajstić information content (AvgIpc) is 2.68. The second-order valence-corrected chi connectivity index (χ2v) is 7.08. The van der Waals surface area contributed by atoms with Gasteiger partial charge in [-0.1, -0.05) is 0 Å². The number of methoxy groups -OCH3 is 1. The van der Waals surface area contributed by atoms with Crippen LogP contribution in [-0.2, 0) is 4.74 Å². The third kappa shape index (κ3) is 4.28. The normalized spacial score (nSPS) is 15.9. The van der Waals surface area contributed by atoms with E-state index in [-0.39, 0.29) is 17.4 Å². The van der Waals surface area contributed by atoms with Crippen molar-refractivity contribution < 1.29 is 19.1 Å². The predicted molar refractivity (Wildman–Crippen MR) is 103 cm³/mol. The topological polar surface area (TPSA) is 67.9 Å². The minimum absolute atomic E-state index is 0.0312. The Morgan fingerprint density at radius 3 is 2.26 bits per heavy atom. The number of amides is 2. The molecule has 1 aliphatic heterocycles. The summed E-state index contributed by atoms with van der Waals surface area (Å²) in [6.07, 6.45) is 0. The van der Waals surface area contributed by atoms with Crippen molar-refractivity contribution in [2.24, 2.45) is 0 Å². The van der Waals surface area contributed by atoms with Crippen molar-refractivity contribution in [2.45, 2.75) is 19.4 Å². The van der Waals surface area contributed by atoms with Crippen LogP contribution in [-0.4, -0.2) is 49.1 Å². The van der Waals surface area contributed by atoms with E-state index in [1.807, 2.05) is 18.7 Å². The monoisotopic (exact) mass is 368 g/mol. The standard InChI is InChI=1S/C21H24N2O4/c1-21(2)14-27-13-12-23(21)20(25)16-4-8-17(9-5-16)22-19(24)15-6-10-18(26-3)11-7-15/h4-11H,12-14H2,1-3H3,(H,22,24). The SMILES string of the molecule is COc1ccc(C(=O)Nc2ccc(C(=O)N3CCOCC3(C)C)cc2)cc1. The number of morpholine rings is 1. The molecule has 6 nitrogen and oxygen atoms in total. The molecule has 3 rings (SSSR count). The Morgan fingerprint density at radius 1 is 1.04 bits per heavy atom. The van der Waals surface area contributed by atoms with Gasteiger partial charge < -0.3 is 19.7 Å². The molecule has 1 fully saturated rings. The highest BCUT2D eigenvalue weighted by molar-refractivity contribution is 6.04. The molecule has 0 radical (unpaired) electrons. The predicted octanol–water partition coefficient (Wildman–Crippen LogP) is 3.20. The molecule has 2 aromatic rings. The molecule has 142 valence electrons. The molecule has 27 heavy (non-hydrogen) atoms. The van der Waals surface area contributed by atoms with Crippen molar-refractivity contribution in [1.29, 1.82) is 0 Å². The lowest BCUT2D eigenvalue weighted by molar-refractivity contribution is -0.0370. The number of ether oxygens (including phenoxy) is 2. The van der Waals surface area contributed by atoms with E-state index in [4.69, 9.17) is 9.47 Å². The number of benzene rings is 2. The summed E-state index contributed by atoms with van der Waals surface area (Å²) in [5.41, 5.74) is 1.42. The molecule has 2 amide bonds. The number of hydrogen-bond acceptors (Lipinski definition) is 4. The molecule has 0 aliphatic carbocycles. The number of nitrogens with zero attached hydrogens (tertiary/aromatic N) is 1. The largest absolute Gasteiger partial charge is 0.497 e. The molecule has 1 saturated heterocycles. The first-order valence-corrected chi connectivity index (χ1v) is 8.86. The van der Waals surface area contributed by atoms with Crippen LogP contribution in [0.5, 0.6) is 5.75 Å². The zero-order valence-corrected chi connectivity index (χ0v) is 15.8. The lowest BCUT2D eigenvalue weighted by atomic mass is 10.0.